The molecule has 0 aromatic carbocycles. The molecule has 0 amide bonds. The lowest BCUT2D eigenvalue weighted by Gasteiger charge is -1.93. The van der Waals surface area contributed by atoms with Gasteiger partial charge in [0.15, 0.2) is 0 Å². The highest BCUT2D eigenvalue weighted by Crippen LogP contribution is 1.86. The fourth-order valence-electron chi connectivity index (χ4n) is 0.412. The summed E-state index contributed by atoms with van der Waals surface area (Å²) in [5.74, 6) is -2.10. The van der Waals surface area contributed by atoms with Crippen molar-refractivity contribution in [3.63, 3.8) is 0 Å². The Morgan fingerprint density at radius 1 is 0.882 bits per heavy atom. The van der Waals surface area contributed by atoms with Crippen LogP contribution in [-0.2, 0) is 19.1 Å². The number of hydrogen-bond acceptors (Lipinski definition) is 4. The molecule has 0 aromatic rings. The first-order chi connectivity index (χ1) is 7.57. The lowest BCUT2D eigenvalue weighted by Crippen LogP contribution is -2.17. The molecule has 0 heterocycles. The molecule has 0 aromatic heterocycles. The predicted octanol–water partition coefficient (Wildman–Crippen LogP) is 3.42. The molecule has 0 spiro atoms. The summed E-state index contributed by atoms with van der Waals surface area (Å²) < 4.78 is 4.07. The molecule has 106 valence electrons. The molecular formula is C13H30O4. The summed E-state index contributed by atoms with van der Waals surface area (Å²) in [5.41, 5.74) is 0. The molecule has 0 fully saturated rings. The summed E-state index contributed by atoms with van der Waals surface area (Å²) in [6, 6.07) is 0. The third-order valence-corrected chi connectivity index (χ3v) is 0.823. The Bertz CT molecular complexity index is 174. The van der Waals surface area contributed by atoms with E-state index in [1.807, 2.05) is 41.5 Å². The summed E-state index contributed by atoms with van der Waals surface area (Å²) in [7, 11) is 1.10. The van der Waals surface area contributed by atoms with Gasteiger partial charge in [0.2, 0.25) is 5.78 Å². The average molecular weight is 250 g/mol. The fraction of sp³-hybridized carbons (Fsp3) is 0.769. The Kier molecular flexibility index (Phi) is 51.2. The van der Waals surface area contributed by atoms with E-state index in [-0.39, 0.29) is 19.6 Å². The van der Waals surface area contributed by atoms with Gasteiger partial charge in [-0.25, -0.2) is 4.79 Å². The van der Waals surface area contributed by atoms with E-state index in [0.29, 0.717) is 0 Å². The van der Waals surface area contributed by atoms with E-state index in [0.717, 1.165) is 7.11 Å². The van der Waals surface area contributed by atoms with E-state index in [1.165, 1.54) is 6.92 Å². The molecule has 0 aliphatic rings. The highest BCUT2D eigenvalue weighted by atomic mass is 16.5. The van der Waals surface area contributed by atoms with Crippen molar-refractivity contribution in [3.05, 3.63) is 0 Å². The molecule has 0 bridgehead atoms. The molecular weight excluding hydrogens is 220 g/mol. The minimum absolute atomic E-state index is 0. The largest absolute Gasteiger partial charge is 0.463 e. The second-order valence-corrected chi connectivity index (χ2v) is 1.79. The first kappa shape index (κ1) is 29.7. The van der Waals surface area contributed by atoms with Gasteiger partial charge in [0, 0.05) is 0 Å². The minimum Gasteiger partial charge on any atom is -0.463 e. The van der Waals surface area contributed by atoms with Crippen molar-refractivity contribution in [2.75, 3.05) is 7.11 Å². The van der Waals surface area contributed by atoms with Crippen molar-refractivity contribution in [1.82, 2.24) is 0 Å². The lowest BCUT2D eigenvalue weighted by atomic mass is 10.2. The maximum atomic E-state index is 10.5. The Balaban J connectivity index is -0.0000000594. The zero-order chi connectivity index (χ0) is 14.1. The van der Waals surface area contributed by atoms with Crippen molar-refractivity contribution in [3.8, 4) is 0 Å². The standard InChI is InChI=1S/C6H8O4.3C2H6.CH4/c1-4(7)3-5(8)6(9)10-2;3*1-2;/h3H2,1-2H3;3*1-2H3;1H4. The normalized spacial score (nSPS) is 6.12. The van der Waals surface area contributed by atoms with Crippen LogP contribution < -0.4 is 0 Å². The Hall–Kier alpha value is -1.19. The molecule has 0 aliphatic heterocycles. The summed E-state index contributed by atoms with van der Waals surface area (Å²) >= 11 is 0. The topological polar surface area (TPSA) is 60.4 Å². The third kappa shape index (κ3) is 31.3. The SMILES string of the molecule is C.CC.CC.CC.COC(=O)C(=O)CC(C)=O. The number of hydrogen-bond donors (Lipinski definition) is 0. The van der Waals surface area contributed by atoms with Crippen molar-refractivity contribution >= 4 is 17.5 Å². The second kappa shape index (κ2) is 29.3. The number of Topliss-reactive ketones (excluding diaryl/α,β-unsaturated/α-hetero) is 2. The first-order valence-electron chi connectivity index (χ1n) is 5.68. The van der Waals surface area contributed by atoms with Crippen LogP contribution in [-0.4, -0.2) is 24.6 Å². The van der Waals surface area contributed by atoms with Gasteiger partial charge < -0.3 is 4.74 Å². The number of carbonyl (C=O) groups is 3. The molecule has 17 heavy (non-hydrogen) atoms. The van der Waals surface area contributed by atoms with Gasteiger partial charge in [0.25, 0.3) is 0 Å². The molecule has 0 atom stereocenters. The number of ketones is 2. The van der Waals surface area contributed by atoms with Crippen molar-refractivity contribution in [1.29, 1.82) is 0 Å². The molecule has 0 saturated heterocycles. The van der Waals surface area contributed by atoms with Gasteiger partial charge in [-0.05, 0) is 6.92 Å². The summed E-state index contributed by atoms with van der Waals surface area (Å²) in [4.78, 5) is 31.1. The number of esters is 1. The fourth-order valence-corrected chi connectivity index (χ4v) is 0.412. The van der Waals surface area contributed by atoms with Gasteiger partial charge in [0.1, 0.15) is 5.78 Å². The maximum absolute atomic E-state index is 10.5. The summed E-state index contributed by atoms with van der Waals surface area (Å²) in [6.07, 6.45) is -0.368. The van der Waals surface area contributed by atoms with Gasteiger partial charge in [-0.1, -0.05) is 49.0 Å². The Morgan fingerprint density at radius 3 is 1.35 bits per heavy atom. The van der Waals surface area contributed by atoms with Crippen molar-refractivity contribution < 1.29 is 19.1 Å². The van der Waals surface area contributed by atoms with E-state index >= 15 is 0 Å². The molecule has 0 rings (SSSR count). The van der Waals surface area contributed by atoms with Gasteiger partial charge in [-0.3, -0.25) is 9.59 Å². The maximum Gasteiger partial charge on any atom is 0.374 e. The van der Waals surface area contributed by atoms with Crippen LogP contribution in [0.1, 0.15) is 62.3 Å². The highest BCUT2D eigenvalue weighted by molar-refractivity contribution is 6.36. The van der Waals surface area contributed by atoms with E-state index in [1.54, 1.807) is 0 Å². The summed E-state index contributed by atoms with van der Waals surface area (Å²) in [6.45, 7) is 13.2. The Labute approximate surface area is 107 Å². The predicted molar refractivity (Wildman–Crippen MR) is 73.1 cm³/mol. The third-order valence-electron chi connectivity index (χ3n) is 0.823. The molecule has 0 N–H and O–H groups in total. The number of ether oxygens (including phenoxy) is 1. The molecule has 0 saturated carbocycles. The zero-order valence-corrected chi connectivity index (χ0v) is 11.8. The minimum atomic E-state index is -0.963. The number of methoxy groups -OCH3 is 1. The van der Waals surface area contributed by atoms with Crippen LogP contribution in [0.5, 0.6) is 0 Å². The lowest BCUT2D eigenvalue weighted by molar-refractivity contribution is -0.152. The van der Waals surface area contributed by atoms with Crippen LogP contribution in [0.3, 0.4) is 0 Å². The van der Waals surface area contributed by atoms with Crippen LogP contribution in [0.15, 0.2) is 0 Å². The Morgan fingerprint density at radius 2 is 1.18 bits per heavy atom. The van der Waals surface area contributed by atoms with Crippen LogP contribution >= 0.6 is 0 Å². The quantitative estimate of drug-likeness (QED) is 0.437. The number of rotatable bonds is 3. The monoisotopic (exact) mass is 250 g/mol. The van der Waals surface area contributed by atoms with Gasteiger partial charge in [-0.2, -0.15) is 0 Å². The van der Waals surface area contributed by atoms with Gasteiger partial charge in [0.05, 0.1) is 13.5 Å². The smallest absolute Gasteiger partial charge is 0.374 e. The van der Waals surface area contributed by atoms with Crippen LogP contribution in [0, 0.1) is 0 Å². The first-order valence-corrected chi connectivity index (χ1v) is 5.68. The zero-order valence-electron chi connectivity index (χ0n) is 11.8. The van der Waals surface area contributed by atoms with Crippen LogP contribution in [0.2, 0.25) is 0 Å². The van der Waals surface area contributed by atoms with Crippen LogP contribution in [0.25, 0.3) is 0 Å². The van der Waals surface area contributed by atoms with Crippen molar-refractivity contribution in [2.45, 2.75) is 62.3 Å². The average Bonchev–Trinajstić information content (AvgIpc) is 2.34. The van der Waals surface area contributed by atoms with E-state index in [2.05, 4.69) is 4.74 Å². The van der Waals surface area contributed by atoms with Crippen LogP contribution in [0.4, 0.5) is 0 Å². The van der Waals surface area contributed by atoms with Gasteiger partial charge >= 0.3 is 5.97 Å². The second-order valence-electron chi connectivity index (χ2n) is 1.79. The number of carbonyl (C=O) groups excluding carboxylic acids is 3. The molecule has 4 nitrogen and oxygen atoms in total. The van der Waals surface area contributed by atoms with Crippen molar-refractivity contribution in [2.24, 2.45) is 0 Å². The van der Waals surface area contributed by atoms with Gasteiger partial charge in [-0.15, -0.1) is 0 Å². The molecule has 0 unspecified atom stereocenters. The van der Waals surface area contributed by atoms with E-state index in [4.69, 9.17) is 0 Å². The van der Waals surface area contributed by atoms with E-state index < -0.39 is 11.8 Å². The molecule has 0 radical (unpaired) electrons. The molecule has 0 aliphatic carbocycles. The molecule has 4 heteroatoms. The highest BCUT2D eigenvalue weighted by Gasteiger charge is 2.14. The van der Waals surface area contributed by atoms with E-state index in [9.17, 15) is 14.4 Å². The summed E-state index contributed by atoms with van der Waals surface area (Å²) in [5, 5.41) is 0.